The van der Waals surface area contributed by atoms with E-state index in [0.29, 0.717) is 6.54 Å². The molecule has 1 aliphatic heterocycles. The van der Waals surface area contributed by atoms with Crippen LogP contribution in [-0.4, -0.2) is 71.9 Å². The van der Waals surface area contributed by atoms with E-state index in [1.165, 1.54) is 12.5 Å². The summed E-state index contributed by atoms with van der Waals surface area (Å²) < 4.78 is 5.90. The molecule has 0 bridgehead atoms. The van der Waals surface area contributed by atoms with E-state index in [1.807, 2.05) is 30.3 Å². The lowest BCUT2D eigenvalue weighted by Crippen LogP contribution is -2.49. The number of pyridine rings is 1. The minimum atomic E-state index is -0.513. The Balaban J connectivity index is 1.35. The molecule has 3 aromatic rings. The number of aliphatic hydroxyl groups excluding tert-OH is 1. The molecule has 1 aromatic heterocycles. The van der Waals surface area contributed by atoms with Crippen LogP contribution in [0.4, 0.5) is 0 Å². The second-order valence-electron chi connectivity index (χ2n) is 8.27. The third-order valence-electron chi connectivity index (χ3n) is 5.85. The molecule has 2 N–H and O–H groups in total. The zero-order valence-corrected chi connectivity index (χ0v) is 18.1. The Kier molecular flexibility index (Phi) is 7.02. The van der Waals surface area contributed by atoms with Crippen LogP contribution in [0.25, 0.3) is 21.9 Å². The molecule has 0 radical (unpaired) electrons. The lowest BCUT2D eigenvalue weighted by molar-refractivity contribution is 0.0461. The molecule has 0 spiro atoms. The van der Waals surface area contributed by atoms with Crippen molar-refractivity contribution in [3.05, 3.63) is 65.1 Å². The number of ether oxygens (including phenoxy) is 1. The zero-order valence-electron chi connectivity index (χ0n) is 18.1. The SMILES string of the molecule is CCCN1CCN(CC(O)COc2ccc3ccc(-c4ccc(=O)[nH]c4)cc3c2)CC1. The maximum atomic E-state index is 11.3. The van der Waals surface area contributed by atoms with Gasteiger partial charge in [0.25, 0.3) is 0 Å². The number of aromatic amines is 1. The number of aromatic nitrogens is 1. The molecule has 0 aliphatic carbocycles. The first-order chi connectivity index (χ1) is 15.1. The van der Waals surface area contributed by atoms with Crippen molar-refractivity contribution in [2.24, 2.45) is 0 Å². The van der Waals surface area contributed by atoms with Crippen LogP contribution in [0.2, 0.25) is 0 Å². The number of β-amino-alcohol motifs (C(OH)–C–C–N with tert-alkyl or cyclic N) is 1. The number of nitrogens with one attached hydrogen (secondary N) is 1. The first kappa shape index (κ1) is 21.6. The maximum absolute atomic E-state index is 11.3. The molecule has 2 aromatic carbocycles. The number of aliphatic hydroxyl groups is 1. The molecule has 1 fully saturated rings. The lowest BCUT2D eigenvalue weighted by atomic mass is 10.0. The van der Waals surface area contributed by atoms with Gasteiger partial charge in [0.05, 0.1) is 0 Å². The summed E-state index contributed by atoms with van der Waals surface area (Å²) in [7, 11) is 0. The Morgan fingerprint density at radius 3 is 2.45 bits per heavy atom. The van der Waals surface area contributed by atoms with Crippen molar-refractivity contribution in [2.75, 3.05) is 45.9 Å². The second-order valence-corrected chi connectivity index (χ2v) is 8.27. The van der Waals surface area contributed by atoms with E-state index in [4.69, 9.17) is 4.74 Å². The molecule has 1 saturated heterocycles. The summed E-state index contributed by atoms with van der Waals surface area (Å²) in [5, 5.41) is 12.6. The topological polar surface area (TPSA) is 68.8 Å². The van der Waals surface area contributed by atoms with Gasteiger partial charge in [-0.15, -0.1) is 0 Å². The van der Waals surface area contributed by atoms with Crippen molar-refractivity contribution in [1.82, 2.24) is 14.8 Å². The highest BCUT2D eigenvalue weighted by atomic mass is 16.5. The lowest BCUT2D eigenvalue weighted by Gasteiger charge is -2.35. The fraction of sp³-hybridized carbons (Fsp3) is 0.400. The van der Waals surface area contributed by atoms with Crippen molar-refractivity contribution >= 4 is 10.8 Å². The molecule has 0 saturated carbocycles. The van der Waals surface area contributed by atoms with Crippen LogP contribution in [0.5, 0.6) is 5.75 Å². The first-order valence-electron chi connectivity index (χ1n) is 11.1. The molecule has 1 atom stereocenters. The normalized spacial score (nSPS) is 16.5. The van der Waals surface area contributed by atoms with Crippen LogP contribution in [0.3, 0.4) is 0 Å². The van der Waals surface area contributed by atoms with Crippen molar-refractivity contribution in [2.45, 2.75) is 19.4 Å². The number of hydrogen-bond acceptors (Lipinski definition) is 5. The van der Waals surface area contributed by atoms with Gasteiger partial charge in [-0.25, -0.2) is 0 Å². The maximum Gasteiger partial charge on any atom is 0.247 e. The van der Waals surface area contributed by atoms with Crippen LogP contribution >= 0.6 is 0 Å². The standard InChI is InChI=1S/C25H31N3O3/c1-2-9-27-10-12-28(13-11-27)17-23(29)18-31-24-7-5-19-3-4-20(14-22(19)15-24)21-6-8-25(30)26-16-21/h3-8,14-16,23,29H,2,9-13,17-18H2,1H3,(H,26,30). The fourth-order valence-corrected chi connectivity index (χ4v) is 4.14. The van der Waals surface area contributed by atoms with Gasteiger partial charge in [0, 0.05) is 45.0 Å². The summed E-state index contributed by atoms with van der Waals surface area (Å²) in [6.07, 6.45) is 2.40. The predicted molar refractivity (Wildman–Crippen MR) is 125 cm³/mol. The summed E-state index contributed by atoms with van der Waals surface area (Å²) in [6.45, 7) is 8.44. The van der Waals surface area contributed by atoms with Gasteiger partial charge >= 0.3 is 0 Å². The van der Waals surface area contributed by atoms with Gasteiger partial charge in [-0.05, 0) is 59.1 Å². The largest absolute Gasteiger partial charge is 0.491 e. The molecular formula is C25H31N3O3. The summed E-state index contributed by atoms with van der Waals surface area (Å²) in [4.78, 5) is 18.8. The Morgan fingerprint density at radius 1 is 0.968 bits per heavy atom. The zero-order chi connectivity index (χ0) is 21.6. The van der Waals surface area contributed by atoms with Crippen LogP contribution in [0.15, 0.2) is 59.5 Å². The molecule has 2 heterocycles. The number of benzene rings is 2. The summed E-state index contributed by atoms with van der Waals surface area (Å²) >= 11 is 0. The Hall–Kier alpha value is -2.67. The highest BCUT2D eigenvalue weighted by molar-refractivity contribution is 5.88. The number of piperazine rings is 1. The van der Waals surface area contributed by atoms with E-state index in [-0.39, 0.29) is 12.2 Å². The predicted octanol–water partition coefficient (Wildman–Crippen LogP) is 2.96. The van der Waals surface area contributed by atoms with Gasteiger partial charge in [-0.2, -0.15) is 0 Å². The van der Waals surface area contributed by atoms with Crippen LogP contribution in [0.1, 0.15) is 13.3 Å². The molecule has 0 amide bonds. The fourth-order valence-electron chi connectivity index (χ4n) is 4.14. The third kappa shape index (κ3) is 5.73. The minimum Gasteiger partial charge on any atom is -0.491 e. The van der Waals surface area contributed by atoms with Gasteiger partial charge in [0.1, 0.15) is 18.5 Å². The van der Waals surface area contributed by atoms with Crippen LogP contribution < -0.4 is 10.3 Å². The molecule has 6 heteroatoms. The van der Waals surface area contributed by atoms with E-state index in [9.17, 15) is 9.90 Å². The Morgan fingerprint density at radius 2 is 1.71 bits per heavy atom. The average molecular weight is 422 g/mol. The van der Waals surface area contributed by atoms with Crippen molar-refractivity contribution in [1.29, 1.82) is 0 Å². The van der Waals surface area contributed by atoms with Gasteiger partial charge in [0.2, 0.25) is 5.56 Å². The summed E-state index contributed by atoms with van der Waals surface area (Å²) in [6, 6.07) is 15.5. The van der Waals surface area contributed by atoms with Gasteiger partial charge in [-0.3, -0.25) is 9.69 Å². The Labute approximate surface area is 183 Å². The number of rotatable bonds is 8. The van der Waals surface area contributed by atoms with E-state index in [0.717, 1.165) is 60.4 Å². The highest BCUT2D eigenvalue weighted by Crippen LogP contribution is 2.26. The third-order valence-corrected chi connectivity index (χ3v) is 5.85. The van der Waals surface area contributed by atoms with Crippen molar-refractivity contribution in [3.8, 4) is 16.9 Å². The van der Waals surface area contributed by atoms with E-state index < -0.39 is 6.10 Å². The quantitative estimate of drug-likeness (QED) is 0.585. The van der Waals surface area contributed by atoms with Gasteiger partial charge in [-0.1, -0.05) is 25.1 Å². The smallest absolute Gasteiger partial charge is 0.247 e. The van der Waals surface area contributed by atoms with E-state index in [1.54, 1.807) is 6.20 Å². The van der Waals surface area contributed by atoms with E-state index >= 15 is 0 Å². The van der Waals surface area contributed by atoms with Crippen LogP contribution in [-0.2, 0) is 0 Å². The number of fused-ring (bicyclic) bond motifs is 1. The number of hydrogen-bond donors (Lipinski definition) is 2. The molecule has 31 heavy (non-hydrogen) atoms. The molecule has 1 unspecified atom stereocenters. The summed E-state index contributed by atoms with van der Waals surface area (Å²) in [5.41, 5.74) is 1.88. The first-order valence-corrected chi connectivity index (χ1v) is 11.1. The molecular weight excluding hydrogens is 390 g/mol. The molecule has 1 aliphatic rings. The second kappa shape index (κ2) is 10.1. The molecule has 164 valence electrons. The number of nitrogens with zero attached hydrogens (tertiary/aromatic N) is 2. The molecule has 6 nitrogen and oxygen atoms in total. The highest BCUT2D eigenvalue weighted by Gasteiger charge is 2.19. The monoisotopic (exact) mass is 421 g/mol. The van der Waals surface area contributed by atoms with Crippen molar-refractivity contribution in [3.63, 3.8) is 0 Å². The average Bonchev–Trinajstić information content (AvgIpc) is 2.79. The van der Waals surface area contributed by atoms with Crippen molar-refractivity contribution < 1.29 is 9.84 Å². The van der Waals surface area contributed by atoms with Gasteiger partial charge in [0.15, 0.2) is 0 Å². The summed E-state index contributed by atoms with van der Waals surface area (Å²) in [5.74, 6) is 0.748. The molecule has 4 rings (SSSR count). The number of H-pyrrole nitrogens is 1. The Bertz CT molecular complexity index is 1040. The van der Waals surface area contributed by atoms with Crippen LogP contribution in [0, 0.1) is 0 Å². The van der Waals surface area contributed by atoms with E-state index in [2.05, 4.69) is 33.8 Å². The minimum absolute atomic E-state index is 0.110. The van der Waals surface area contributed by atoms with Gasteiger partial charge < -0.3 is 19.7 Å².